The van der Waals surface area contributed by atoms with E-state index in [4.69, 9.17) is 4.74 Å². The van der Waals surface area contributed by atoms with Gasteiger partial charge in [0.15, 0.2) is 6.10 Å². The second-order valence-electron chi connectivity index (χ2n) is 6.02. The molecule has 0 N–H and O–H groups in total. The van der Waals surface area contributed by atoms with Crippen molar-refractivity contribution in [3.63, 3.8) is 0 Å². The van der Waals surface area contributed by atoms with Gasteiger partial charge in [-0.3, -0.25) is 4.79 Å². The van der Waals surface area contributed by atoms with Gasteiger partial charge in [-0.05, 0) is 37.8 Å². The molecule has 1 fully saturated rings. The van der Waals surface area contributed by atoms with E-state index in [0.29, 0.717) is 12.5 Å². The molecular formula is C18H27NO2. The summed E-state index contributed by atoms with van der Waals surface area (Å²) in [5.74, 6) is 0.933. The third kappa shape index (κ3) is 3.99. The van der Waals surface area contributed by atoms with Crippen LogP contribution in [-0.4, -0.2) is 30.0 Å². The number of likely N-dealkylation sites (N-methyl/N-ethyl adjacent to an activating group) is 1. The highest BCUT2D eigenvalue weighted by Crippen LogP contribution is 2.24. The van der Waals surface area contributed by atoms with Gasteiger partial charge in [-0.15, -0.1) is 0 Å². The monoisotopic (exact) mass is 289 g/mol. The third-order valence-electron chi connectivity index (χ3n) is 4.48. The number of benzene rings is 1. The van der Waals surface area contributed by atoms with Crippen molar-refractivity contribution in [3.8, 4) is 5.75 Å². The Balaban J connectivity index is 2.02. The van der Waals surface area contributed by atoms with E-state index in [1.54, 1.807) is 0 Å². The molecule has 2 rings (SSSR count). The average molecular weight is 289 g/mol. The van der Waals surface area contributed by atoms with Crippen LogP contribution in [0.5, 0.6) is 5.75 Å². The van der Waals surface area contributed by atoms with Crippen LogP contribution in [0.15, 0.2) is 24.3 Å². The fourth-order valence-corrected chi connectivity index (χ4v) is 3.03. The normalized spacial score (nSPS) is 17.3. The summed E-state index contributed by atoms with van der Waals surface area (Å²) in [6.07, 6.45) is 6.35. The van der Waals surface area contributed by atoms with Gasteiger partial charge in [0.05, 0.1) is 0 Å². The molecule has 21 heavy (non-hydrogen) atoms. The highest BCUT2D eigenvalue weighted by atomic mass is 16.5. The lowest BCUT2D eigenvalue weighted by Crippen LogP contribution is -2.45. The molecule has 0 aliphatic heterocycles. The van der Waals surface area contributed by atoms with E-state index in [2.05, 4.69) is 0 Å². The van der Waals surface area contributed by atoms with Gasteiger partial charge in [-0.25, -0.2) is 0 Å². The largest absolute Gasteiger partial charge is 0.480 e. The molecule has 1 aliphatic rings. The van der Waals surface area contributed by atoms with Crippen LogP contribution in [0.4, 0.5) is 0 Å². The smallest absolute Gasteiger partial charge is 0.263 e. The number of hydrogen-bond donors (Lipinski definition) is 0. The lowest BCUT2D eigenvalue weighted by atomic mass is 9.94. The Hall–Kier alpha value is -1.51. The van der Waals surface area contributed by atoms with Gasteiger partial charge in [0, 0.05) is 13.1 Å². The minimum atomic E-state index is -0.377. The van der Waals surface area contributed by atoms with Gasteiger partial charge in [-0.2, -0.15) is 0 Å². The SMILES string of the molecule is CCC(Oc1ccccc1C)C(=O)N(C)C1CCCCC1. The van der Waals surface area contributed by atoms with E-state index in [0.717, 1.165) is 24.2 Å². The number of rotatable bonds is 5. The number of para-hydroxylation sites is 1. The molecule has 0 bridgehead atoms. The van der Waals surface area contributed by atoms with E-state index in [9.17, 15) is 4.79 Å². The average Bonchev–Trinajstić information content (AvgIpc) is 2.53. The molecule has 116 valence electrons. The van der Waals surface area contributed by atoms with Gasteiger partial charge < -0.3 is 9.64 Å². The van der Waals surface area contributed by atoms with Crippen LogP contribution < -0.4 is 4.74 Å². The van der Waals surface area contributed by atoms with Crippen LogP contribution in [0, 0.1) is 6.92 Å². The zero-order chi connectivity index (χ0) is 15.2. The molecule has 1 aromatic rings. The molecule has 1 aromatic carbocycles. The first kappa shape index (κ1) is 15.9. The molecular weight excluding hydrogens is 262 g/mol. The molecule has 1 amide bonds. The van der Waals surface area contributed by atoms with Crippen molar-refractivity contribution >= 4 is 5.91 Å². The van der Waals surface area contributed by atoms with Crippen LogP contribution in [0.25, 0.3) is 0 Å². The summed E-state index contributed by atoms with van der Waals surface area (Å²) in [5.41, 5.74) is 1.07. The highest BCUT2D eigenvalue weighted by molar-refractivity contribution is 5.81. The lowest BCUT2D eigenvalue weighted by molar-refractivity contribution is -0.140. The molecule has 0 aromatic heterocycles. The molecule has 1 unspecified atom stereocenters. The summed E-state index contributed by atoms with van der Waals surface area (Å²) < 4.78 is 5.98. The van der Waals surface area contributed by atoms with E-state index in [1.807, 2.05) is 50.1 Å². The van der Waals surface area contributed by atoms with Crippen molar-refractivity contribution in [1.82, 2.24) is 4.90 Å². The van der Waals surface area contributed by atoms with Crippen LogP contribution in [0.1, 0.15) is 51.0 Å². The summed E-state index contributed by atoms with van der Waals surface area (Å²) in [4.78, 5) is 14.6. The Labute approximate surface area is 128 Å². The van der Waals surface area contributed by atoms with Crippen molar-refractivity contribution in [2.24, 2.45) is 0 Å². The maximum absolute atomic E-state index is 12.7. The first-order valence-electron chi connectivity index (χ1n) is 8.12. The van der Waals surface area contributed by atoms with E-state index >= 15 is 0 Å². The number of carbonyl (C=O) groups is 1. The summed E-state index contributed by atoms with van der Waals surface area (Å²) in [5, 5.41) is 0. The second-order valence-corrected chi connectivity index (χ2v) is 6.02. The van der Waals surface area contributed by atoms with Gasteiger partial charge in [0.1, 0.15) is 5.75 Å². The van der Waals surface area contributed by atoms with Gasteiger partial charge in [0.25, 0.3) is 5.91 Å². The zero-order valence-electron chi connectivity index (χ0n) is 13.5. The Bertz CT molecular complexity index is 466. The molecule has 1 atom stereocenters. The maximum atomic E-state index is 12.7. The van der Waals surface area contributed by atoms with Crippen molar-refractivity contribution in [1.29, 1.82) is 0 Å². The van der Waals surface area contributed by atoms with E-state index in [1.165, 1.54) is 19.3 Å². The Morgan fingerprint density at radius 1 is 1.29 bits per heavy atom. The van der Waals surface area contributed by atoms with Crippen LogP contribution >= 0.6 is 0 Å². The van der Waals surface area contributed by atoms with Crippen LogP contribution in [-0.2, 0) is 4.79 Å². The highest BCUT2D eigenvalue weighted by Gasteiger charge is 2.28. The fourth-order valence-electron chi connectivity index (χ4n) is 3.03. The van der Waals surface area contributed by atoms with Crippen LogP contribution in [0.2, 0.25) is 0 Å². The van der Waals surface area contributed by atoms with Gasteiger partial charge in [0.2, 0.25) is 0 Å². The number of ether oxygens (including phenoxy) is 1. The number of carbonyl (C=O) groups excluding carboxylic acids is 1. The summed E-state index contributed by atoms with van der Waals surface area (Å²) in [6, 6.07) is 8.27. The van der Waals surface area contributed by atoms with Crippen molar-refractivity contribution in [3.05, 3.63) is 29.8 Å². The summed E-state index contributed by atoms with van der Waals surface area (Å²) in [7, 11) is 1.93. The van der Waals surface area contributed by atoms with E-state index in [-0.39, 0.29) is 12.0 Å². The number of aryl methyl sites for hydroxylation is 1. The number of hydrogen-bond acceptors (Lipinski definition) is 2. The molecule has 0 saturated heterocycles. The van der Waals surface area contributed by atoms with E-state index < -0.39 is 0 Å². The number of amides is 1. The molecule has 0 heterocycles. The Kier molecular flexibility index (Phi) is 5.66. The lowest BCUT2D eigenvalue weighted by Gasteiger charge is -2.33. The molecule has 1 saturated carbocycles. The summed E-state index contributed by atoms with van der Waals surface area (Å²) in [6.45, 7) is 4.02. The third-order valence-corrected chi connectivity index (χ3v) is 4.48. The van der Waals surface area contributed by atoms with Crippen LogP contribution in [0.3, 0.4) is 0 Å². The molecule has 3 nitrogen and oxygen atoms in total. The van der Waals surface area contributed by atoms with Gasteiger partial charge in [-0.1, -0.05) is 44.4 Å². The first-order chi connectivity index (χ1) is 10.1. The minimum Gasteiger partial charge on any atom is -0.480 e. The number of nitrogens with zero attached hydrogens (tertiary/aromatic N) is 1. The molecule has 0 radical (unpaired) electrons. The first-order valence-corrected chi connectivity index (χ1v) is 8.12. The fraction of sp³-hybridized carbons (Fsp3) is 0.611. The summed E-state index contributed by atoms with van der Waals surface area (Å²) >= 11 is 0. The van der Waals surface area contributed by atoms with Crippen molar-refractivity contribution in [2.75, 3.05) is 7.05 Å². The predicted molar refractivity (Wildman–Crippen MR) is 85.5 cm³/mol. The Morgan fingerprint density at radius 2 is 1.95 bits per heavy atom. The van der Waals surface area contributed by atoms with Crippen molar-refractivity contribution in [2.45, 2.75) is 64.5 Å². The zero-order valence-corrected chi connectivity index (χ0v) is 13.5. The standard InChI is InChI=1S/C18H27NO2/c1-4-16(21-17-13-9-8-10-14(17)2)18(20)19(3)15-11-6-5-7-12-15/h8-10,13,15-16H,4-7,11-12H2,1-3H3. The predicted octanol–water partition coefficient (Wildman–Crippen LogP) is 3.94. The molecule has 3 heteroatoms. The van der Waals surface area contributed by atoms with Gasteiger partial charge >= 0.3 is 0 Å². The topological polar surface area (TPSA) is 29.5 Å². The Morgan fingerprint density at radius 3 is 2.57 bits per heavy atom. The molecule has 1 aliphatic carbocycles. The van der Waals surface area contributed by atoms with Crippen molar-refractivity contribution < 1.29 is 9.53 Å². The second kappa shape index (κ2) is 7.48. The molecule has 0 spiro atoms. The minimum absolute atomic E-state index is 0.118. The maximum Gasteiger partial charge on any atom is 0.263 e. The quantitative estimate of drug-likeness (QED) is 0.821.